The van der Waals surface area contributed by atoms with Crippen LogP contribution in [0.1, 0.15) is 10.4 Å². The minimum atomic E-state index is -4.82. The largest absolute Gasteiger partial charge is 0.573 e. The van der Waals surface area contributed by atoms with Gasteiger partial charge in [-0.1, -0.05) is 11.6 Å². The number of nitrogen functional groups attached to an aromatic ring is 1. The van der Waals surface area contributed by atoms with Crippen LogP contribution in [0.2, 0.25) is 5.02 Å². The van der Waals surface area contributed by atoms with Crippen molar-refractivity contribution < 1.29 is 22.7 Å². The van der Waals surface area contributed by atoms with Gasteiger partial charge in [-0.2, -0.15) is 0 Å². The molecule has 0 saturated carbocycles. The predicted molar refractivity (Wildman–Crippen MR) is 47.9 cm³/mol. The standard InChI is InChI=1S/C8H5ClF3NO2/c9-6-1-4(15-8(10,11)12)2-7(13)5(6)3-14/h1-3H,13H2. The molecule has 1 rings (SSSR count). The number of ether oxygens (including phenoxy) is 1. The van der Waals surface area contributed by atoms with Crippen LogP contribution in [0.5, 0.6) is 5.75 Å². The Balaban J connectivity index is 3.09. The molecule has 0 saturated heterocycles. The van der Waals surface area contributed by atoms with E-state index in [1.54, 1.807) is 0 Å². The molecule has 82 valence electrons. The number of hydrogen-bond acceptors (Lipinski definition) is 3. The Morgan fingerprint density at radius 1 is 1.40 bits per heavy atom. The maximum absolute atomic E-state index is 11.8. The molecular formula is C8H5ClF3NO2. The molecule has 3 nitrogen and oxygen atoms in total. The van der Waals surface area contributed by atoms with Gasteiger partial charge < -0.3 is 10.5 Å². The van der Waals surface area contributed by atoms with Gasteiger partial charge in [-0.05, 0) is 0 Å². The summed E-state index contributed by atoms with van der Waals surface area (Å²) in [4.78, 5) is 10.4. The average Bonchev–Trinajstić information content (AvgIpc) is 1.99. The minimum Gasteiger partial charge on any atom is -0.406 e. The molecule has 0 aliphatic heterocycles. The fourth-order valence-corrected chi connectivity index (χ4v) is 1.19. The van der Waals surface area contributed by atoms with E-state index in [9.17, 15) is 18.0 Å². The van der Waals surface area contributed by atoms with Gasteiger partial charge in [-0.25, -0.2) is 0 Å². The number of halogens is 4. The number of carbonyl (C=O) groups excluding carboxylic acids is 1. The van der Waals surface area contributed by atoms with E-state index in [4.69, 9.17) is 17.3 Å². The second kappa shape index (κ2) is 3.98. The number of alkyl halides is 3. The molecule has 2 N–H and O–H groups in total. The first-order chi connectivity index (χ1) is 6.83. The van der Waals surface area contributed by atoms with Gasteiger partial charge in [0.25, 0.3) is 0 Å². The highest BCUT2D eigenvalue weighted by atomic mass is 35.5. The lowest BCUT2D eigenvalue weighted by molar-refractivity contribution is -0.274. The fourth-order valence-electron chi connectivity index (χ4n) is 0.930. The average molecular weight is 240 g/mol. The zero-order valence-corrected chi connectivity index (χ0v) is 7.89. The molecule has 0 bridgehead atoms. The summed E-state index contributed by atoms with van der Waals surface area (Å²) < 4.78 is 39.0. The van der Waals surface area contributed by atoms with Gasteiger partial charge in [0.05, 0.1) is 10.6 Å². The molecule has 0 spiro atoms. The molecule has 1 aromatic rings. The summed E-state index contributed by atoms with van der Waals surface area (Å²) in [6.45, 7) is 0. The second-order valence-electron chi connectivity index (χ2n) is 2.57. The summed E-state index contributed by atoms with van der Waals surface area (Å²) in [5.41, 5.74) is 5.06. The summed E-state index contributed by atoms with van der Waals surface area (Å²) in [5.74, 6) is -0.560. The number of hydrogen-bond donors (Lipinski definition) is 1. The number of benzene rings is 1. The van der Waals surface area contributed by atoms with E-state index in [2.05, 4.69) is 4.74 Å². The van der Waals surface area contributed by atoms with Gasteiger partial charge >= 0.3 is 6.36 Å². The highest BCUT2D eigenvalue weighted by Gasteiger charge is 2.31. The van der Waals surface area contributed by atoms with Crippen molar-refractivity contribution in [2.45, 2.75) is 6.36 Å². The van der Waals surface area contributed by atoms with Gasteiger partial charge in [0.15, 0.2) is 6.29 Å². The molecule has 0 amide bonds. The molecule has 0 unspecified atom stereocenters. The van der Waals surface area contributed by atoms with Crippen LogP contribution < -0.4 is 10.5 Å². The molecule has 0 atom stereocenters. The van der Waals surface area contributed by atoms with E-state index in [1.165, 1.54) is 0 Å². The third-order valence-corrected chi connectivity index (χ3v) is 1.80. The first-order valence-corrected chi connectivity index (χ1v) is 4.01. The Morgan fingerprint density at radius 2 is 2.00 bits per heavy atom. The van der Waals surface area contributed by atoms with E-state index in [0.29, 0.717) is 6.29 Å². The topological polar surface area (TPSA) is 52.3 Å². The van der Waals surface area contributed by atoms with E-state index in [-0.39, 0.29) is 16.3 Å². The van der Waals surface area contributed by atoms with Crippen molar-refractivity contribution in [3.8, 4) is 5.75 Å². The number of anilines is 1. The van der Waals surface area contributed by atoms with Crippen molar-refractivity contribution in [1.82, 2.24) is 0 Å². The van der Waals surface area contributed by atoms with Gasteiger partial charge in [0.1, 0.15) is 5.75 Å². The summed E-state index contributed by atoms with van der Waals surface area (Å²) in [7, 11) is 0. The zero-order valence-electron chi connectivity index (χ0n) is 7.14. The van der Waals surface area contributed by atoms with Gasteiger partial charge in [-0.15, -0.1) is 13.2 Å². The van der Waals surface area contributed by atoms with E-state index in [1.807, 2.05) is 0 Å². The highest BCUT2D eigenvalue weighted by Crippen LogP contribution is 2.30. The van der Waals surface area contributed by atoms with Crippen LogP contribution in [0.4, 0.5) is 18.9 Å². The van der Waals surface area contributed by atoms with Crippen LogP contribution in [0.15, 0.2) is 12.1 Å². The first kappa shape index (κ1) is 11.6. The molecule has 0 aromatic heterocycles. The molecule has 0 fully saturated rings. The third kappa shape index (κ3) is 3.02. The Labute approximate surface area is 87.6 Å². The quantitative estimate of drug-likeness (QED) is 0.638. The lowest BCUT2D eigenvalue weighted by atomic mass is 10.2. The van der Waals surface area contributed by atoms with Crippen molar-refractivity contribution in [3.05, 3.63) is 22.7 Å². The molecule has 15 heavy (non-hydrogen) atoms. The summed E-state index contributed by atoms with van der Waals surface area (Å²) in [6.07, 6.45) is -4.46. The summed E-state index contributed by atoms with van der Waals surface area (Å²) >= 11 is 5.51. The van der Waals surface area contributed by atoms with Crippen LogP contribution >= 0.6 is 11.6 Å². The predicted octanol–water partition coefficient (Wildman–Crippen LogP) is 2.63. The number of nitrogens with two attached hydrogens (primary N) is 1. The SMILES string of the molecule is Nc1cc(OC(F)(F)F)cc(Cl)c1C=O. The normalized spacial score (nSPS) is 11.2. The monoisotopic (exact) mass is 239 g/mol. The molecule has 1 aromatic carbocycles. The Hall–Kier alpha value is -1.43. The fraction of sp³-hybridized carbons (Fsp3) is 0.125. The van der Waals surface area contributed by atoms with Crippen LogP contribution in [0.25, 0.3) is 0 Å². The van der Waals surface area contributed by atoms with E-state index >= 15 is 0 Å². The maximum atomic E-state index is 11.8. The van der Waals surface area contributed by atoms with Crippen LogP contribution in [-0.2, 0) is 0 Å². The Morgan fingerprint density at radius 3 is 2.40 bits per heavy atom. The molecular weight excluding hydrogens is 235 g/mol. The van der Waals surface area contributed by atoms with Crippen LogP contribution in [-0.4, -0.2) is 12.6 Å². The second-order valence-corrected chi connectivity index (χ2v) is 2.98. The smallest absolute Gasteiger partial charge is 0.406 e. The minimum absolute atomic E-state index is 0.0637. The van der Waals surface area contributed by atoms with Crippen molar-refractivity contribution in [2.75, 3.05) is 5.73 Å². The van der Waals surface area contributed by atoms with E-state index < -0.39 is 12.1 Å². The summed E-state index contributed by atoms with van der Waals surface area (Å²) in [6, 6.07) is 1.75. The van der Waals surface area contributed by atoms with Gasteiger partial charge in [0.2, 0.25) is 0 Å². The molecule has 7 heteroatoms. The zero-order chi connectivity index (χ0) is 11.6. The van der Waals surface area contributed by atoms with Crippen LogP contribution in [0, 0.1) is 0 Å². The Kier molecular flexibility index (Phi) is 3.09. The molecule has 0 aliphatic carbocycles. The van der Waals surface area contributed by atoms with Crippen molar-refractivity contribution >= 4 is 23.6 Å². The van der Waals surface area contributed by atoms with Crippen molar-refractivity contribution in [1.29, 1.82) is 0 Å². The van der Waals surface area contributed by atoms with E-state index in [0.717, 1.165) is 12.1 Å². The number of aldehydes is 1. The van der Waals surface area contributed by atoms with Gasteiger partial charge in [0, 0.05) is 17.8 Å². The van der Waals surface area contributed by atoms with Crippen molar-refractivity contribution in [2.24, 2.45) is 0 Å². The number of carbonyl (C=O) groups is 1. The molecule has 0 heterocycles. The Bertz CT molecular complexity index is 369. The number of rotatable bonds is 2. The van der Waals surface area contributed by atoms with Gasteiger partial charge in [-0.3, -0.25) is 4.79 Å². The first-order valence-electron chi connectivity index (χ1n) is 3.63. The lowest BCUT2D eigenvalue weighted by Crippen LogP contribution is -2.17. The molecule has 0 aliphatic rings. The lowest BCUT2D eigenvalue weighted by Gasteiger charge is -2.10. The maximum Gasteiger partial charge on any atom is 0.573 e. The molecule has 0 radical (unpaired) electrons. The van der Waals surface area contributed by atoms with Crippen molar-refractivity contribution in [3.63, 3.8) is 0 Å². The summed E-state index contributed by atoms with van der Waals surface area (Å²) in [5, 5.41) is -0.191. The van der Waals surface area contributed by atoms with Crippen LogP contribution in [0.3, 0.4) is 0 Å². The third-order valence-electron chi connectivity index (χ3n) is 1.49. The highest BCUT2D eigenvalue weighted by molar-refractivity contribution is 6.33.